The number of carbonyl (C=O) groups is 5. The van der Waals surface area contributed by atoms with Gasteiger partial charge in [0.1, 0.15) is 17.3 Å². The highest BCUT2D eigenvalue weighted by molar-refractivity contribution is 5.98. The zero-order chi connectivity index (χ0) is 24.5. The summed E-state index contributed by atoms with van der Waals surface area (Å²) in [6.07, 6.45) is 3.56. The summed E-state index contributed by atoms with van der Waals surface area (Å²) in [5.74, 6) is -0.329. The van der Waals surface area contributed by atoms with Crippen molar-refractivity contribution in [3.05, 3.63) is 29.8 Å². The molecule has 33 heavy (non-hydrogen) atoms. The fourth-order valence-corrected chi connectivity index (χ4v) is 3.08. The number of carbonyl (C=O) groups excluding carboxylic acids is 5. The molecule has 8 nitrogen and oxygen atoms in total. The zero-order valence-electron chi connectivity index (χ0n) is 19.7. The number of aryl methyl sites for hydroxylation is 1. The Morgan fingerprint density at radius 3 is 2.18 bits per heavy atom. The maximum atomic E-state index is 12.1. The summed E-state index contributed by atoms with van der Waals surface area (Å²) in [6.45, 7) is 4.46. The van der Waals surface area contributed by atoms with Crippen LogP contribution in [0.5, 0.6) is 0 Å². The van der Waals surface area contributed by atoms with Crippen molar-refractivity contribution < 1.29 is 28.7 Å². The van der Waals surface area contributed by atoms with Crippen molar-refractivity contribution >= 4 is 34.9 Å². The molecule has 182 valence electrons. The minimum absolute atomic E-state index is 0.0266. The molecule has 0 aliphatic rings. The molecule has 2 N–H and O–H groups in total. The Bertz CT molecular complexity index is 789. The minimum atomic E-state index is -0.174. The molecule has 0 fully saturated rings. The van der Waals surface area contributed by atoms with Crippen LogP contribution in [0.1, 0.15) is 70.8 Å². The highest BCUT2D eigenvalue weighted by Crippen LogP contribution is 2.12. The van der Waals surface area contributed by atoms with E-state index in [9.17, 15) is 24.0 Å². The number of hydrogen-bond acceptors (Lipinski definition) is 6. The summed E-state index contributed by atoms with van der Waals surface area (Å²) in [6, 6.07) is 7.22. The van der Waals surface area contributed by atoms with Crippen LogP contribution in [-0.4, -0.2) is 48.9 Å². The Hall–Kier alpha value is -2.87. The van der Waals surface area contributed by atoms with Crippen LogP contribution >= 0.6 is 0 Å². The molecule has 8 heteroatoms. The highest BCUT2D eigenvalue weighted by atomic mass is 16.5. The summed E-state index contributed by atoms with van der Waals surface area (Å²) in [7, 11) is 0. The normalized spacial score (nSPS) is 10.5. The van der Waals surface area contributed by atoms with Crippen molar-refractivity contribution in [1.82, 2.24) is 5.32 Å². The molecule has 0 aliphatic heterocycles. The molecule has 0 bridgehead atoms. The number of Topliss-reactive ketones (excluding diaryl/α,β-unsaturated/α-hetero) is 3. The van der Waals surface area contributed by atoms with E-state index in [4.69, 9.17) is 4.74 Å². The predicted octanol–water partition coefficient (Wildman–Crippen LogP) is 3.17. The number of benzene rings is 1. The molecule has 1 rings (SSSR count). The Morgan fingerprint density at radius 2 is 1.52 bits per heavy atom. The summed E-state index contributed by atoms with van der Waals surface area (Å²) < 4.78 is 5.33. The number of nitrogens with one attached hydrogen (secondary N) is 2. The van der Waals surface area contributed by atoms with Gasteiger partial charge in [-0.2, -0.15) is 0 Å². The molecule has 0 aromatic heterocycles. The lowest BCUT2D eigenvalue weighted by molar-refractivity contribution is -0.126. The molecule has 0 saturated heterocycles. The van der Waals surface area contributed by atoms with Gasteiger partial charge in [-0.3, -0.25) is 24.0 Å². The molecular weight excluding hydrogens is 424 g/mol. The van der Waals surface area contributed by atoms with E-state index >= 15 is 0 Å². The van der Waals surface area contributed by atoms with E-state index in [1.54, 1.807) is 12.1 Å². The second-order valence-electron chi connectivity index (χ2n) is 8.02. The smallest absolute Gasteiger partial charge is 0.224 e. The van der Waals surface area contributed by atoms with Gasteiger partial charge in [0.05, 0.1) is 19.6 Å². The van der Waals surface area contributed by atoms with E-state index in [1.165, 1.54) is 6.92 Å². The lowest BCUT2D eigenvalue weighted by atomic mass is 10.0. The molecule has 1 aromatic carbocycles. The van der Waals surface area contributed by atoms with Crippen LogP contribution in [0.4, 0.5) is 5.69 Å². The van der Waals surface area contributed by atoms with Crippen molar-refractivity contribution in [2.75, 3.05) is 25.1 Å². The van der Waals surface area contributed by atoms with Gasteiger partial charge in [0.15, 0.2) is 0 Å². The van der Waals surface area contributed by atoms with Crippen molar-refractivity contribution in [2.24, 2.45) is 0 Å². The Labute approximate surface area is 195 Å². The molecule has 0 heterocycles. The number of rotatable bonds is 18. The number of hydrogen-bond donors (Lipinski definition) is 2. The van der Waals surface area contributed by atoms with Crippen LogP contribution in [-0.2, 0) is 35.1 Å². The third-order valence-corrected chi connectivity index (χ3v) is 4.81. The van der Waals surface area contributed by atoms with Gasteiger partial charge in [0, 0.05) is 44.3 Å². The fourth-order valence-electron chi connectivity index (χ4n) is 3.08. The third-order valence-electron chi connectivity index (χ3n) is 4.81. The Morgan fingerprint density at radius 1 is 0.818 bits per heavy atom. The number of anilines is 1. The fraction of sp³-hybridized carbons (Fsp3) is 0.560. The van der Waals surface area contributed by atoms with Crippen LogP contribution in [0, 0.1) is 0 Å². The Kier molecular flexibility index (Phi) is 14.3. The summed E-state index contributed by atoms with van der Waals surface area (Å²) in [5, 5.41) is 5.52. The van der Waals surface area contributed by atoms with Gasteiger partial charge in [0.2, 0.25) is 11.8 Å². The number of ether oxygens (including phenoxy) is 1. The van der Waals surface area contributed by atoms with Crippen LogP contribution in [0.2, 0.25) is 0 Å². The van der Waals surface area contributed by atoms with E-state index in [-0.39, 0.29) is 48.4 Å². The van der Waals surface area contributed by atoms with E-state index in [0.29, 0.717) is 57.6 Å². The Balaban J connectivity index is 2.14. The molecule has 2 amide bonds. The third kappa shape index (κ3) is 14.7. The van der Waals surface area contributed by atoms with Crippen molar-refractivity contribution in [3.63, 3.8) is 0 Å². The van der Waals surface area contributed by atoms with Crippen LogP contribution in [0.15, 0.2) is 24.3 Å². The van der Waals surface area contributed by atoms with Crippen LogP contribution in [0.3, 0.4) is 0 Å². The molecular formula is C25H36N2O6. The van der Waals surface area contributed by atoms with Gasteiger partial charge in [-0.25, -0.2) is 0 Å². The van der Waals surface area contributed by atoms with Gasteiger partial charge in [0.25, 0.3) is 0 Å². The van der Waals surface area contributed by atoms with E-state index in [1.807, 2.05) is 19.1 Å². The van der Waals surface area contributed by atoms with Gasteiger partial charge in [-0.05, 0) is 43.9 Å². The van der Waals surface area contributed by atoms with Gasteiger partial charge in [-0.15, -0.1) is 0 Å². The van der Waals surface area contributed by atoms with Gasteiger partial charge < -0.3 is 15.4 Å². The van der Waals surface area contributed by atoms with Crippen molar-refractivity contribution in [2.45, 2.75) is 71.6 Å². The average molecular weight is 461 g/mol. The van der Waals surface area contributed by atoms with Gasteiger partial charge >= 0.3 is 0 Å². The molecule has 0 atom stereocenters. The summed E-state index contributed by atoms with van der Waals surface area (Å²) in [4.78, 5) is 57.8. The largest absolute Gasteiger partial charge is 0.379 e. The molecule has 0 spiro atoms. The van der Waals surface area contributed by atoms with Crippen molar-refractivity contribution in [1.29, 1.82) is 0 Å². The predicted molar refractivity (Wildman–Crippen MR) is 126 cm³/mol. The first-order valence-electron chi connectivity index (χ1n) is 11.6. The van der Waals surface area contributed by atoms with Crippen molar-refractivity contribution in [3.8, 4) is 0 Å². The molecule has 0 radical (unpaired) electrons. The maximum absolute atomic E-state index is 12.1. The number of amides is 2. The molecule has 1 aromatic rings. The van der Waals surface area contributed by atoms with E-state index in [2.05, 4.69) is 10.6 Å². The second-order valence-corrected chi connectivity index (χ2v) is 8.02. The van der Waals surface area contributed by atoms with Crippen LogP contribution in [0.25, 0.3) is 0 Å². The SMILES string of the molecule is CCCC(=O)CCOCCNC(=O)CCCC(=O)Nc1ccc(CCC(=O)CC(C)=O)cc1. The molecule has 0 unspecified atom stereocenters. The quantitative estimate of drug-likeness (QED) is 0.257. The monoisotopic (exact) mass is 460 g/mol. The highest BCUT2D eigenvalue weighted by Gasteiger charge is 2.08. The average Bonchev–Trinajstić information content (AvgIpc) is 2.75. The van der Waals surface area contributed by atoms with Crippen LogP contribution < -0.4 is 10.6 Å². The van der Waals surface area contributed by atoms with Gasteiger partial charge in [-0.1, -0.05) is 19.1 Å². The van der Waals surface area contributed by atoms with E-state index < -0.39 is 0 Å². The molecule has 0 aliphatic carbocycles. The first kappa shape index (κ1) is 28.2. The summed E-state index contributed by atoms with van der Waals surface area (Å²) in [5.41, 5.74) is 1.61. The van der Waals surface area contributed by atoms with E-state index in [0.717, 1.165) is 12.0 Å². The standard InChI is InChI=1S/C25H36N2O6/c1-3-5-22(29)14-16-33-17-15-26-24(31)6-4-7-25(32)27-21-11-8-20(9-12-21)10-13-23(30)18-19(2)28/h8-9,11-12H,3-7,10,13-18H2,1-2H3,(H,26,31)(H,27,32). The summed E-state index contributed by atoms with van der Waals surface area (Å²) >= 11 is 0. The zero-order valence-corrected chi connectivity index (χ0v) is 19.7. The maximum Gasteiger partial charge on any atom is 0.224 e. The lowest BCUT2D eigenvalue weighted by Gasteiger charge is -2.08. The first-order chi connectivity index (χ1) is 15.8. The first-order valence-corrected chi connectivity index (χ1v) is 11.6. The molecule has 0 saturated carbocycles. The lowest BCUT2D eigenvalue weighted by Crippen LogP contribution is -2.27. The topological polar surface area (TPSA) is 119 Å². The number of ketones is 3. The second kappa shape index (κ2) is 16.7. The minimum Gasteiger partial charge on any atom is -0.379 e.